The fourth-order valence-electron chi connectivity index (χ4n) is 1.01. The van der Waals surface area contributed by atoms with Crippen LogP contribution in [0.2, 0.25) is 5.02 Å². The van der Waals surface area contributed by atoms with Crippen molar-refractivity contribution in [1.29, 1.82) is 0 Å². The molecule has 0 heterocycles. The van der Waals surface area contributed by atoms with Gasteiger partial charge in [-0.05, 0) is 43.1 Å². The zero-order chi connectivity index (χ0) is 10.6. The fraction of sp³-hybridized carbons (Fsp3) is 0.455. The zero-order valence-electron chi connectivity index (χ0n) is 8.59. The second-order valence-electron chi connectivity index (χ2n) is 3.56. The smallest absolute Gasteiger partial charge is 0.0435 e. The highest BCUT2D eigenvalue weighted by Crippen LogP contribution is 2.25. The van der Waals surface area contributed by atoms with Gasteiger partial charge >= 0.3 is 0 Å². The lowest BCUT2D eigenvalue weighted by Gasteiger charge is -2.08. The van der Waals surface area contributed by atoms with Crippen LogP contribution in [0.1, 0.15) is 12.5 Å². The Morgan fingerprint density at radius 1 is 1.50 bits per heavy atom. The summed E-state index contributed by atoms with van der Waals surface area (Å²) < 4.78 is 0. The Labute approximate surface area is 95.0 Å². The molecule has 0 aliphatic heterocycles. The molecule has 2 N–H and O–H groups in total. The molecule has 0 fully saturated rings. The molecule has 0 saturated heterocycles. The Bertz CT molecular complexity index is 301. The fourth-order valence-corrected chi connectivity index (χ4v) is 2.17. The van der Waals surface area contributed by atoms with Crippen LogP contribution in [0.3, 0.4) is 0 Å². The SMILES string of the molecule is Cc1cc(SCC(C)CN)ccc1Cl. The molecule has 1 atom stereocenters. The van der Waals surface area contributed by atoms with Crippen LogP contribution in [0.15, 0.2) is 23.1 Å². The molecule has 14 heavy (non-hydrogen) atoms. The van der Waals surface area contributed by atoms with Crippen molar-refractivity contribution in [3.8, 4) is 0 Å². The number of nitrogens with two attached hydrogens (primary N) is 1. The molecule has 3 heteroatoms. The third kappa shape index (κ3) is 3.52. The maximum atomic E-state index is 5.94. The van der Waals surface area contributed by atoms with E-state index in [1.807, 2.05) is 24.8 Å². The van der Waals surface area contributed by atoms with Crippen LogP contribution in [0.5, 0.6) is 0 Å². The van der Waals surface area contributed by atoms with E-state index in [1.165, 1.54) is 4.90 Å². The van der Waals surface area contributed by atoms with Crippen molar-refractivity contribution < 1.29 is 0 Å². The molecule has 0 spiro atoms. The molecule has 0 bridgehead atoms. The number of benzene rings is 1. The Morgan fingerprint density at radius 3 is 2.79 bits per heavy atom. The van der Waals surface area contributed by atoms with Gasteiger partial charge in [0.25, 0.3) is 0 Å². The van der Waals surface area contributed by atoms with Gasteiger partial charge in [-0.25, -0.2) is 0 Å². The van der Waals surface area contributed by atoms with Crippen LogP contribution in [-0.2, 0) is 0 Å². The van der Waals surface area contributed by atoms with Crippen LogP contribution in [0.25, 0.3) is 0 Å². The summed E-state index contributed by atoms with van der Waals surface area (Å²) in [5.74, 6) is 1.63. The van der Waals surface area contributed by atoms with Crippen molar-refractivity contribution >= 4 is 23.4 Å². The third-order valence-electron chi connectivity index (χ3n) is 2.07. The largest absolute Gasteiger partial charge is 0.330 e. The van der Waals surface area contributed by atoms with E-state index in [-0.39, 0.29) is 0 Å². The van der Waals surface area contributed by atoms with Gasteiger partial charge in [0.2, 0.25) is 0 Å². The quantitative estimate of drug-likeness (QED) is 0.802. The van der Waals surface area contributed by atoms with Crippen molar-refractivity contribution in [2.75, 3.05) is 12.3 Å². The molecule has 1 rings (SSSR count). The second kappa shape index (κ2) is 5.64. The molecule has 1 aromatic rings. The highest BCUT2D eigenvalue weighted by atomic mass is 35.5. The van der Waals surface area contributed by atoms with Gasteiger partial charge in [0.15, 0.2) is 0 Å². The predicted octanol–water partition coefficient (Wildman–Crippen LogP) is 3.34. The molecule has 78 valence electrons. The van der Waals surface area contributed by atoms with E-state index in [0.717, 1.165) is 22.9 Å². The highest BCUT2D eigenvalue weighted by molar-refractivity contribution is 7.99. The Kier molecular flexibility index (Phi) is 4.79. The molecule has 0 aliphatic carbocycles. The van der Waals surface area contributed by atoms with Crippen LogP contribution in [-0.4, -0.2) is 12.3 Å². The van der Waals surface area contributed by atoms with Crippen LogP contribution >= 0.6 is 23.4 Å². The van der Waals surface area contributed by atoms with Crippen molar-refractivity contribution in [3.05, 3.63) is 28.8 Å². The first-order valence-corrected chi connectivity index (χ1v) is 6.09. The Hall–Kier alpha value is -0.180. The van der Waals surface area contributed by atoms with Gasteiger partial charge in [-0.3, -0.25) is 0 Å². The lowest BCUT2D eigenvalue weighted by Crippen LogP contribution is -2.12. The minimum atomic E-state index is 0.566. The summed E-state index contributed by atoms with van der Waals surface area (Å²) >= 11 is 7.78. The summed E-state index contributed by atoms with van der Waals surface area (Å²) in [5, 5.41) is 0.834. The normalized spacial score (nSPS) is 12.9. The van der Waals surface area contributed by atoms with Crippen LogP contribution < -0.4 is 5.73 Å². The molecular formula is C11H16ClNS. The molecule has 0 aliphatic rings. The minimum absolute atomic E-state index is 0.566. The first-order chi connectivity index (χ1) is 6.63. The number of hydrogen-bond donors (Lipinski definition) is 1. The summed E-state index contributed by atoms with van der Waals surface area (Å²) in [5.41, 5.74) is 6.69. The maximum absolute atomic E-state index is 5.94. The summed E-state index contributed by atoms with van der Waals surface area (Å²) in [4.78, 5) is 1.27. The molecule has 0 saturated carbocycles. The lowest BCUT2D eigenvalue weighted by atomic mass is 10.2. The minimum Gasteiger partial charge on any atom is -0.330 e. The molecule has 1 unspecified atom stereocenters. The number of halogens is 1. The summed E-state index contributed by atoms with van der Waals surface area (Å²) in [6, 6.07) is 6.13. The molecule has 0 aromatic heterocycles. The summed E-state index contributed by atoms with van der Waals surface area (Å²) in [6.07, 6.45) is 0. The van der Waals surface area contributed by atoms with Gasteiger partial charge in [-0.2, -0.15) is 0 Å². The van der Waals surface area contributed by atoms with Crippen molar-refractivity contribution in [1.82, 2.24) is 0 Å². The Morgan fingerprint density at radius 2 is 2.21 bits per heavy atom. The van der Waals surface area contributed by atoms with E-state index < -0.39 is 0 Å². The van der Waals surface area contributed by atoms with E-state index in [9.17, 15) is 0 Å². The topological polar surface area (TPSA) is 26.0 Å². The maximum Gasteiger partial charge on any atom is 0.0435 e. The number of thioether (sulfide) groups is 1. The van der Waals surface area contributed by atoms with E-state index in [0.29, 0.717) is 5.92 Å². The number of rotatable bonds is 4. The van der Waals surface area contributed by atoms with Gasteiger partial charge in [0.1, 0.15) is 0 Å². The van der Waals surface area contributed by atoms with Crippen LogP contribution in [0, 0.1) is 12.8 Å². The van der Waals surface area contributed by atoms with E-state index in [1.54, 1.807) is 0 Å². The van der Waals surface area contributed by atoms with Crippen molar-refractivity contribution in [2.45, 2.75) is 18.7 Å². The van der Waals surface area contributed by atoms with E-state index >= 15 is 0 Å². The number of hydrogen-bond acceptors (Lipinski definition) is 2. The van der Waals surface area contributed by atoms with Crippen molar-refractivity contribution in [2.24, 2.45) is 11.7 Å². The first-order valence-electron chi connectivity index (χ1n) is 4.72. The Balaban J connectivity index is 2.55. The monoisotopic (exact) mass is 229 g/mol. The molecular weight excluding hydrogens is 214 g/mol. The van der Waals surface area contributed by atoms with Gasteiger partial charge in [-0.1, -0.05) is 18.5 Å². The van der Waals surface area contributed by atoms with E-state index in [4.69, 9.17) is 17.3 Å². The van der Waals surface area contributed by atoms with Crippen molar-refractivity contribution in [3.63, 3.8) is 0 Å². The standard InChI is InChI=1S/C11H16ClNS/c1-8(6-13)7-14-10-3-4-11(12)9(2)5-10/h3-5,8H,6-7,13H2,1-2H3. The molecule has 1 aromatic carbocycles. The second-order valence-corrected chi connectivity index (χ2v) is 5.06. The predicted molar refractivity (Wildman–Crippen MR) is 65.1 cm³/mol. The average Bonchev–Trinajstić information content (AvgIpc) is 2.19. The first kappa shape index (κ1) is 11.9. The summed E-state index contributed by atoms with van der Waals surface area (Å²) in [7, 11) is 0. The molecule has 0 radical (unpaired) electrons. The van der Waals surface area contributed by atoms with Gasteiger partial charge in [0, 0.05) is 15.7 Å². The average molecular weight is 230 g/mol. The zero-order valence-corrected chi connectivity index (χ0v) is 10.2. The molecule has 1 nitrogen and oxygen atoms in total. The molecule has 0 amide bonds. The van der Waals surface area contributed by atoms with E-state index in [2.05, 4.69) is 19.1 Å². The third-order valence-corrected chi connectivity index (χ3v) is 3.81. The lowest BCUT2D eigenvalue weighted by molar-refractivity contribution is 0.675. The highest BCUT2D eigenvalue weighted by Gasteiger charge is 2.02. The van der Waals surface area contributed by atoms with Gasteiger partial charge in [0.05, 0.1) is 0 Å². The van der Waals surface area contributed by atoms with Gasteiger partial charge in [-0.15, -0.1) is 11.8 Å². The van der Waals surface area contributed by atoms with Gasteiger partial charge < -0.3 is 5.73 Å². The van der Waals surface area contributed by atoms with Crippen LogP contribution in [0.4, 0.5) is 0 Å². The summed E-state index contributed by atoms with van der Waals surface area (Å²) in [6.45, 7) is 4.94. The number of aryl methyl sites for hydroxylation is 1.